The number of sulfone groups is 1. The van der Waals surface area contributed by atoms with E-state index in [0.717, 1.165) is 44.3 Å². The zero-order valence-corrected chi connectivity index (χ0v) is 17.1. The molecule has 1 aliphatic heterocycles. The van der Waals surface area contributed by atoms with E-state index in [-0.39, 0.29) is 17.1 Å². The zero-order chi connectivity index (χ0) is 21.9. The lowest BCUT2D eigenvalue weighted by Crippen LogP contribution is -2.24. The van der Waals surface area contributed by atoms with E-state index in [1.165, 1.54) is 30.3 Å². The summed E-state index contributed by atoms with van der Waals surface area (Å²) in [5, 5.41) is 5.40. The van der Waals surface area contributed by atoms with Crippen molar-refractivity contribution in [1.29, 1.82) is 0 Å². The highest BCUT2D eigenvalue weighted by molar-refractivity contribution is 7.90. The number of hydrogen-bond acceptors (Lipinski definition) is 5. The van der Waals surface area contributed by atoms with Gasteiger partial charge in [0.15, 0.2) is 9.84 Å². The number of nitrogens with zero attached hydrogens (tertiary/aromatic N) is 1. The monoisotopic (exact) mass is 441 g/mol. The molecule has 0 aromatic heterocycles. The number of amides is 1. The molecule has 0 bridgehead atoms. The molecule has 1 heterocycles. The molecule has 1 fully saturated rings. The van der Waals surface area contributed by atoms with Gasteiger partial charge in [0, 0.05) is 25.0 Å². The summed E-state index contributed by atoms with van der Waals surface area (Å²) in [4.78, 5) is 14.4. The van der Waals surface area contributed by atoms with Crippen molar-refractivity contribution in [2.24, 2.45) is 0 Å². The topological polar surface area (TPSA) is 78.5 Å². The molecule has 0 unspecified atom stereocenters. The first kappa shape index (κ1) is 21.9. The van der Waals surface area contributed by atoms with Crippen LogP contribution in [0, 0.1) is 0 Å². The summed E-state index contributed by atoms with van der Waals surface area (Å²) in [5.74, 6) is -0.466. The van der Waals surface area contributed by atoms with Crippen LogP contribution in [0.1, 0.15) is 18.4 Å². The van der Waals surface area contributed by atoms with Crippen LogP contribution in [0.25, 0.3) is 0 Å². The Morgan fingerprint density at radius 2 is 1.70 bits per heavy atom. The van der Waals surface area contributed by atoms with Crippen LogP contribution in [0.15, 0.2) is 47.4 Å². The molecule has 2 N–H and O–H groups in total. The standard InChI is InChI=1S/C20H22F3N3O3S/c1-30(28,29)16-7-5-15(6-8-16)25-19(27)13-24-17-12-14(20(21,22)23)4-9-18(17)26-10-2-3-11-26/h4-9,12,24H,2-3,10-11,13H2,1H3,(H,25,27). The second kappa shape index (κ2) is 8.55. The SMILES string of the molecule is CS(=O)(=O)c1ccc(NC(=O)CNc2cc(C(F)(F)F)ccc2N2CCCC2)cc1. The van der Waals surface area contributed by atoms with Gasteiger partial charge in [-0.05, 0) is 55.3 Å². The first-order valence-corrected chi connectivity index (χ1v) is 11.2. The van der Waals surface area contributed by atoms with Crippen LogP contribution in [0.2, 0.25) is 0 Å². The Labute approximate surface area is 173 Å². The van der Waals surface area contributed by atoms with Gasteiger partial charge in [-0.3, -0.25) is 4.79 Å². The van der Waals surface area contributed by atoms with Gasteiger partial charge in [0.25, 0.3) is 0 Å². The minimum Gasteiger partial charge on any atom is -0.374 e. The van der Waals surface area contributed by atoms with Gasteiger partial charge < -0.3 is 15.5 Å². The highest BCUT2D eigenvalue weighted by Gasteiger charge is 2.31. The summed E-state index contributed by atoms with van der Waals surface area (Å²) in [5.41, 5.74) is 0.475. The zero-order valence-electron chi connectivity index (χ0n) is 16.3. The Bertz CT molecular complexity index is 1020. The van der Waals surface area contributed by atoms with Crippen molar-refractivity contribution >= 4 is 32.8 Å². The first-order chi connectivity index (χ1) is 14.0. The smallest absolute Gasteiger partial charge is 0.374 e. The van der Waals surface area contributed by atoms with E-state index in [0.29, 0.717) is 11.4 Å². The number of halogens is 3. The van der Waals surface area contributed by atoms with Crippen LogP contribution in [0.5, 0.6) is 0 Å². The summed E-state index contributed by atoms with van der Waals surface area (Å²) in [6.45, 7) is 1.26. The number of rotatable bonds is 6. The van der Waals surface area contributed by atoms with Crippen LogP contribution in [0.3, 0.4) is 0 Å². The number of carbonyl (C=O) groups excluding carboxylic acids is 1. The van der Waals surface area contributed by atoms with Crippen LogP contribution >= 0.6 is 0 Å². The lowest BCUT2D eigenvalue weighted by molar-refractivity contribution is -0.137. The molecule has 0 aliphatic carbocycles. The van der Waals surface area contributed by atoms with E-state index in [1.807, 2.05) is 4.90 Å². The molecule has 1 aliphatic rings. The average Bonchev–Trinajstić information content (AvgIpc) is 3.19. The van der Waals surface area contributed by atoms with Gasteiger partial charge in [0.2, 0.25) is 5.91 Å². The number of hydrogen-bond donors (Lipinski definition) is 2. The molecular formula is C20H22F3N3O3S. The fourth-order valence-corrected chi connectivity index (χ4v) is 3.88. The van der Waals surface area contributed by atoms with E-state index in [2.05, 4.69) is 10.6 Å². The summed E-state index contributed by atoms with van der Waals surface area (Å²) in [6.07, 6.45) is -1.48. The normalized spacial score (nSPS) is 14.6. The molecule has 10 heteroatoms. The molecule has 30 heavy (non-hydrogen) atoms. The van der Waals surface area contributed by atoms with Gasteiger partial charge in [-0.25, -0.2) is 8.42 Å². The molecule has 6 nitrogen and oxygen atoms in total. The number of nitrogens with one attached hydrogen (secondary N) is 2. The Kier molecular flexibility index (Phi) is 6.25. The molecular weight excluding hydrogens is 419 g/mol. The van der Waals surface area contributed by atoms with Crippen molar-refractivity contribution in [3.05, 3.63) is 48.0 Å². The second-order valence-electron chi connectivity index (χ2n) is 7.12. The van der Waals surface area contributed by atoms with E-state index < -0.39 is 27.5 Å². The fourth-order valence-electron chi connectivity index (χ4n) is 3.25. The number of anilines is 3. The quantitative estimate of drug-likeness (QED) is 0.714. The Hall–Kier alpha value is -2.75. The van der Waals surface area contributed by atoms with E-state index in [9.17, 15) is 26.4 Å². The Morgan fingerprint density at radius 3 is 2.27 bits per heavy atom. The van der Waals surface area contributed by atoms with Crippen LogP contribution in [-0.2, 0) is 20.8 Å². The number of alkyl halides is 3. The number of carbonyl (C=O) groups is 1. The number of benzene rings is 2. The molecule has 2 aromatic rings. The van der Waals surface area contributed by atoms with Crippen molar-refractivity contribution in [2.45, 2.75) is 23.9 Å². The fraction of sp³-hybridized carbons (Fsp3) is 0.350. The highest BCUT2D eigenvalue weighted by atomic mass is 32.2. The minimum absolute atomic E-state index is 0.123. The van der Waals surface area contributed by atoms with Crippen molar-refractivity contribution in [3.8, 4) is 0 Å². The first-order valence-electron chi connectivity index (χ1n) is 9.34. The predicted molar refractivity (Wildman–Crippen MR) is 110 cm³/mol. The van der Waals surface area contributed by atoms with Gasteiger partial charge in [0.05, 0.1) is 28.4 Å². The largest absolute Gasteiger partial charge is 0.416 e. The van der Waals surface area contributed by atoms with Gasteiger partial charge in [0.1, 0.15) is 0 Å². The highest BCUT2D eigenvalue weighted by Crippen LogP contribution is 2.36. The van der Waals surface area contributed by atoms with Crippen molar-refractivity contribution in [1.82, 2.24) is 0 Å². The Balaban J connectivity index is 1.71. The third-order valence-corrected chi connectivity index (χ3v) is 5.90. The average molecular weight is 441 g/mol. The van der Waals surface area contributed by atoms with Gasteiger partial charge in [-0.1, -0.05) is 0 Å². The van der Waals surface area contributed by atoms with E-state index in [1.54, 1.807) is 0 Å². The predicted octanol–water partition coefficient (Wildman–Crippen LogP) is 3.76. The molecule has 2 aromatic carbocycles. The third-order valence-electron chi connectivity index (χ3n) is 4.78. The van der Waals surface area contributed by atoms with Gasteiger partial charge >= 0.3 is 6.18 Å². The molecule has 0 spiro atoms. The van der Waals surface area contributed by atoms with Crippen LogP contribution in [0.4, 0.5) is 30.2 Å². The molecule has 0 saturated carbocycles. The summed E-state index contributed by atoms with van der Waals surface area (Å²) in [7, 11) is -3.35. The summed E-state index contributed by atoms with van der Waals surface area (Å²) < 4.78 is 62.3. The van der Waals surface area contributed by atoms with Crippen molar-refractivity contribution in [3.63, 3.8) is 0 Å². The van der Waals surface area contributed by atoms with Crippen molar-refractivity contribution in [2.75, 3.05) is 41.4 Å². The van der Waals surface area contributed by atoms with Gasteiger partial charge in [-0.15, -0.1) is 0 Å². The van der Waals surface area contributed by atoms with E-state index in [4.69, 9.17) is 0 Å². The maximum absolute atomic E-state index is 13.1. The van der Waals surface area contributed by atoms with Gasteiger partial charge in [-0.2, -0.15) is 13.2 Å². The maximum Gasteiger partial charge on any atom is 0.416 e. The Morgan fingerprint density at radius 1 is 1.07 bits per heavy atom. The third kappa shape index (κ3) is 5.44. The lowest BCUT2D eigenvalue weighted by atomic mass is 10.1. The molecule has 0 atom stereocenters. The summed E-state index contributed by atoms with van der Waals surface area (Å²) in [6, 6.07) is 9.14. The van der Waals surface area contributed by atoms with Crippen LogP contribution < -0.4 is 15.5 Å². The molecule has 162 valence electrons. The summed E-state index contributed by atoms with van der Waals surface area (Å²) >= 11 is 0. The lowest BCUT2D eigenvalue weighted by Gasteiger charge is -2.23. The molecule has 3 rings (SSSR count). The minimum atomic E-state index is -4.48. The van der Waals surface area contributed by atoms with E-state index >= 15 is 0 Å². The van der Waals surface area contributed by atoms with Crippen molar-refractivity contribution < 1.29 is 26.4 Å². The second-order valence-corrected chi connectivity index (χ2v) is 9.14. The molecule has 0 radical (unpaired) electrons. The van der Waals surface area contributed by atoms with Crippen LogP contribution in [-0.4, -0.2) is 40.2 Å². The maximum atomic E-state index is 13.1. The molecule has 1 amide bonds. The molecule has 1 saturated heterocycles.